The van der Waals surface area contributed by atoms with Gasteiger partial charge in [0.15, 0.2) is 0 Å². The summed E-state index contributed by atoms with van der Waals surface area (Å²) >= 11 is 3.49. The molecule has 0 saturated carbocycles. The number of aromatic nitrogens is 2. The van der Waals surface area contributed by atoms with Crippen LogP contribution in [0.2, 0.25) is 0 Å². The number of fused-ring (bicyclic) bond motifs is 1. The summed E-state index contributed by atoms with van der Waals surface area (Å²) in [7, 11) is 0. The minimum absolute atomic E-state index is 0.768. The van der Waals surface area contributed by atoms with Crippen LogP contribution in [-0.4, -0.2) is 9.97 Å². The highest BCUT2D eigenvalue weighted by molar-refractivity contribution is 9.10. The Bertz CT molecular complexity index is 980. The van der Waals surface area contributed by atoms with Crippen molar-refractivity contribution in [1.29, 1.82) is 0 Å². The lowest BCUT2D eigenvalue weighted by Gasteiger charge is -2.10. The van der Waals surface area contributed by atoms with Crippen LogP contribution in [0.3, 0.4) is 0 Å². The summed E-state index contributed by atoms with van der Waals surface area (Å²) in [4.78, 5) is 9.79. The van der Waals surface area contributed by atoms with Gasteiger partial charge in [0, 0.05) is 16.5 Å². The van der Waals surface area contributed by atoms with E-state index >= 15 is 0 Å². The van der Waals surface area contributed by atoms with Crippen LogP contribution in [-0.2, 0) is 6.42 Å². The monoisotopic (exact) mass is 374 g/mol. The average molecular weight is 375 g/mol. The maximum atomic E-state index is 4.90. The molecule has 0 bridgehead atoms. The number of benzene rings is 3. The molecule has 0 fully saturated rings. The maximum Gasteiger partial charge on any atom is 0.0928 e. The van der Waals surface area contributed by atoms with Gasteiger partial charge >= 0.3 is 0 Å². The molecule has 3 aromatic carbocycles. The number of hydrogen-bond donors (Lipinski definition) is 0. The van der Waals surface area contributed by atoms with E-state index in [0.29, 0.717) is 0 Å². The smallest absolute Gasteiger partial charge is 0.0928 e. The minimum atomic E-state index is 0.768. The van der Waals surface area contributed by atoms with Crippen LogP contribution in [0.4, 0.5) is 0 Å². The molecule has 0 aliphatic heterocycles. The Morgan fingerprint density at radius 2 is 1.29 bits per heavy atom. The lowest BCUT2D eigenvalue weighted by atomic mass is 10.0. The zero-order valence-corrected chi connectivity index (χ0v) is 14.6. The van der Waals surface area contributed by atoms with E-state index in [1.807, 2.05) is 42.5 Å². The molecular formula is C21H15BrN2. The Hall–Kier alpha value is -2.52. The zero-order chi connectivity index (χ0) is 16.4. The van der Waals surface area contributed by atoms with Gasteiger partial charge in [-0.25, -0.2) is 9.97 Å². The molecule has 0 N–H and O–H groups in total. The van der Waals surface area contributed by atoms with Crippen molar-refractivity contribution in [2.75, 3.05) is 0 Å². The largest absolute Gasteiger partial charge is 0.249 e. The fraction of sp³-hybridized carbons (Fsp3) is 0.0476. The fourth-order valence-corrected chi connectivity index (χ4v) is 3.05. The molecule has 0 spiro atoms. The molecular weight excluding hydrogens is 360 g/mol. The Kier molecular flexibility index (Phi) is 4.09. The van der Waals surface area contributed by atoms with Gasteiger partial charge in [0.25, 0.3) is 0 Å². The molecule has 1 heterocycles. The molecule has 1 aromatic heterocycles. The van der Waals surface area contributed by atoms with Crippen LogP contribution in [0, 0.1) is 0 Å². The van der Waals surface area contributed by atoms with Crippen molar-refractivity contribution in [3.8, 4) is 11.3 Å². The minimum Gasteiger partial charge on any atom is -0.249 e. The standard InChI is InChI=1S/C21H15BrN2/c22-17-12-10-16(11-13-17)21-20(14-15-6-2-1-3-7-15)23-18-8-4-5-9-19(18)24-21/h1-13H,14H2. The first-order chi connectivity index (χ1) is 11.8. The van der Waals surface area contributed by atoms with E-state index in [0.717, 1.165) is 38.9 Å². The predicted octanol–water partition coefficient (Wildman–Crippen LogP) is 5.65. The Morgan fingerprint density at radius 1 is 0.667 bits per heavy atom. The fourth-order valence-electron chi connectivity index (χ4n) is 2.79. The van der Waals surface area contributed by atoms with Crippen molar-refractivity contribution in [1.82, 2.24) is 9.97 Å². The van der Waals surface area contributed by atoms with Gasteiger partial charge < -0.3 is 0 Å². The highest BCUT2D eigenvalue weighted by Crippen LogP contribution is 2.26. The quantitative estimate of drug-likeness (QED) is 0.462. The van der Waals surface area contributed by atoms with Crippen LogP contribution in [0.25, 0.3) is 22.3 Å². The predicted molar refractivity (Wildman–Crippen MR) is 102 cm³/mol. The van der Waals surface area contributed by atoms with Gasteiger partial charge in [-0.15, -0.1) is 0 Å². The summed E-state index contributed by atoms with van der Waals surface area (Å²) in [5.74, 6) is 0. The third-order valence-electron chi connectivity index (χ3n) is 3.97. The lowest BCUT2D eigenvalue weighted by molar-refractivity contribution is 1.07. The van der Waals surface area contributed by atoms with E-state index in [2.05, 4.69) is 52.3 Å². The zero-order valence-electron chi connectivity index (χ0n) is 13.0. The van der Waals surface area contributed by atoms with Crippen molar-refractivity contribution in [3.63, 3.8) is 0 Å². The van der Waals surface area contributed by atoms with Crippen molar-refractivity contribution in [2.45, 2.75) is 6.42 Å². The molecule has 0 radical (unpaired) electrons. The molecule has 0 amide bonds. The second-order valence-electron chi connectivity index (χ2n) is 5.68. The van der Waals surface area contributed by atoms with E-state index in [1.54, 1.807) is 0 Å². The van der Waals surface area contributed by atoms with Crippen molar-refractivity contribution < 1.29 is 0 Å². The number of halogens is 1. The molecule has 4 aromatic rings. The number of rotatable bonds is 3. The summed E-state index contributed by atoms with van der Waals surface area (Å²) in [6.45, 7) is 0. The van der Waals surface area contributed by atoms with Gasteiger partial charge in [-0.3, -0.25) is 0 Å². The molecule has 0 aliphatic rings. The Balaban J connectivity index is 1.88. The van der Waals surface area contributed by atoms with Gasteiger partial charge in [0.1, 0.15) is 0 Å². The second-order valence-corrected chi connectivity index (χ2v) is 6.59. The lowest BCUT2D eigenvalue weighted by Crippen LogP contribution is -2.00. The van der Waals surface area contributed by atoms with E-state index in [1.165, 1.54) is 5.56 Å². The van der Waals surface area contributed by atoms with E-state index < -0.39 is 0 Å². The Labute approximate surface area is 149 Å². The summed E-state index contributed by atoms with van der Waals surface area (Å²) in [6.07, 6.45) is 0.768. The van der Waals surface area contributed by atoms with Gasteiger partial charge in [-0.2, -0.15) is 0 Å². The van der Waals surface area contributed by atoms with Crippen LogP contribution in [0.15, 0.2) is 83.3 Å². The topological polar surface area (TPSA) is 25.8 Å². The molecule has 0 unspecified atom stereocenters. The van der Waals surface area contributed by atoms with Gasteiger partial charge in [-0.1, -0.05) is 70.5 Å². The number of para-hydroxylation sites is 2. The van der Waals surface area contributed by atoms with Crippen molar-refractivity contribution >= 4 is 27.0 Å². The molecule has 0 atom stereocenters. The van der Waals surface area contributed by atoms with Crippen LogP contribution >= 0.6 is 15.9 Å². The second kappa shape index (κ2) is 6.54. The highest BCUT2D eigenvalue weighted by atomic mass is 79.9. The molecule has 2 nitrogen and oxygen atoms in total. The molecule has 0 saturated heterocycles. The molecule has 4 rings (SSSR count). The van der Waals surface area contributed by atoms with Crippen LogP contribution < -0.4 is 0 Å². The summed E-state index contributed by atoms with van der Waals surface area (Å²) in [5.41, 5.74) is 6.13. The number of nitrogens with zero attached hydrogens (tertiary/aromatic N) is 2. The highest BCUT2D eigenvalue weighted by Gasteiger charge is 2.11. The van der Waals surface area contributed by atoms with Crippen molar-refractivity contribution in [3.05, 3.63) is 94.6 Å². The molecule has 3 heteroatoms. The Morgan fingerprint density at radius 3 is 2.00 bits per heavy atom. The summed E-state index contributed by atoms with van der Waals surface area (Å²) in [5, 5.41) is 0. The molecule has 116 valence electrons. The van der Waals surface area contributed by atoms with Crippen LogP contribution in [0.5, 0.6) is 0 Å². The van der Waals surface area contributed by atoms with E-state index in [4.69, 9.17) is 9.97 Å². The first-order valence-electron chi connectivity index (χ1n) is 7.85. The van der Waals surface area contributed by atoms with Crippen molar-refractivity contribution in [2.24, 2.45) is 0 Å². The third kappa shape index (κ3) is 3.08. The average Bonchev–Trinajstić information content (AvgIpc) is 2.63. The number of hydrogen-bond acceptors (Lipinski definition) is 2. The maximum absolute atomic E-state index is 4.90. The van der Waals surface area contributed by atoms with E-state index in [9.17, 15) is 0 Å². The van der Waals surface area contributed by atoms with Gasteiger partial charge in [0.05, 0.1) is 22.4 Å². The van der Waals surface area contributed by atoms with Gasteiger partial charge in [0.2, 0.25) is 0 Å². The first kappa shape index (κ1) is 15.0. The third-order valence-corrected chi connectivity index (χ3v) is 4.50. The SMILES string of the molecule is Brc1ccc(-c2nc3ccccc3nc2Cc2ccccc2)cc1. The summed E-state index contributed by atoms with van der Waals surface area (Å²) < 4.78 is 1.06. The normalized spacial score (nSPS) is 10.9. The summed E-state index contributed by atoms with van der Waals surface area (Å²) in [6, 6.07) is 26.7. The molecule has 0 aliphatic carbocycles. The molecule has 24 heavy (non-hydrogen) atoms. The van der Waals surface area contributed by atoms with E-state index in [-0.39, 0.29) is 0 Å². The first-order valence-corrected chi connectivity index (χ1v) is 8.64. The van der Waals surface area contributed by atoms with Gasteiger partial charge in [-0.05, 0) is 29.8 Å². The van der Waals surface area contributed by atoms with Crippen LogP contribution in [0.1, 0.15) is 11.3 Å².